The largest absolute Gasteiger partial charge is 0.481 e. The number of nitrogens with two attached hydrogens (primary N) is 1. The zero-order valence-electron chi connectivity index (χ0n) is 31.1. The molecule has 10 N–H and O–H groups in total. The maximum atomic E-state index is 13.3. The zero-order chi connectivity index (χ0) is 41.6. The van der Waals surface area contributed by atoms with Crippen molar-refractivity contribution in [3.8, 4) is 0 Å². The Morgan fingerprint density at radius 3 is 1.50 bits per heavy atom. The third-order valence-electron chi connectivity index (χ3n) is 8.63. The van der Waals surface area contributed by atoms with Crippen LogP contribution in [0.2, 0.25) is 0 Å². The van der Waals surface area contributed by atoms with E-state index in [1.54, 1.807) is 34.1 Å². The molecule has 0 aliphatic carbocycles. The molecule has 1 aromatic rings. The highest BCUT2D eigenvalue weighted by molar-refractivity contribution is 5.93. The molecule has 0 spiro atoms. The third-order valence-corrected chi connectivity index (χ3v) is 8.63. The lowest BCUT2D eigenvalue weighted by Gasteiger charge is -2.25. The first-order chi connectivity index (χ1) is 26.5. The van der Waals surface area contributed by atoms with Gasteiger partial charge in [-0.2, -0.15) is 0 Å². The molecule has 2 rings (SSSR count). The molecular weight excluding hydrogens is 740 g/mol. The van der Waals surface area contributed by atoms with Crippen LogP contribution in [0.1, 0.15) is 49.7 Å². The van der Waals surface area contributed by atoms with E-state index in [0.29, 0.717) is 51.4 Å². The first-order valence-electron chi connectivity index (χ1n) is 18.0. The summed E-state index contributed by atoms with van der Waals surface area (Å²) in [6.07, 6.45) is -2.18. The minimum Gasteiger partial charge on any atom is -0.481 e. The first kappa shape index (κ1) is 46.5. The van der Waals surface area contributed by atoms with Gasteiger partial charge in [-0.3, -0.25) is 57.9 Å². The Balaban J connectivity index is 2.05. The molecule has 1 fully saturated rings. The highest BCUT2D eigenvalue weighted by Crippen LogP contribution is 2.11. The van der Waals surface area contributed by atoms with Crippen LogP contribution in [-0.2, 0) is 56.1 Å². The lowest BCUT2D eigenvalue weighted by molar-refractivity contribution is -0.140. The molecule has 56 heavy (non-hydrogen) atoms. The van der Waals surface area contributed by atoms with Gasteiger partial charge in [-0.15, -0.1) is 0 Å². The highest BCUT2D eigenvalue weighted by Gasteiger charge is 2.28. The Kier molecular flexibility index (Phi) is 20.5. The van der Waals surface area contributed by atoms with Crippen molar-refractivity contribution in [2.24, 2.45) is 5.73 Å². The number of aliphatic carboxylic acids is 4. The summed E-state index contributed by atoms with van der Waals surface area (Å²) in [6, 6.07) is 4.21. The smallest absolute Gasteiger partial charge is 0.317 e. The first-order valence-corrected chi connectivity index (χ1v) is 18.0. The van der Waals surface area contributed by atoms with Crippen LogP contribution in [-0.4, -0.2) is 166 Å². The van der Waals surface area contributed by atoms with Gasteiger partial charge in [0.25, 0.3) is 0 Å². The van der Waals surface area contributed by atoms with Crippen molar-refractivity contribution in [3.63, 3.8) is 0 Å². The molecule has 21 nitrogen and oxygen atoms in total. The number of hydrogen-bond acceptors (Lipinski definition) is 12. The molecule has 1 heterocycles. The van der Waals surface area contributed by atoms with Crippen LogP contribution < -0.4 is 27.0 Å². The summed E-state index contributed by atoms with van der Waals surface area (Å²) in [5.74, 6) is -7.93. The Labute approximate surface area is 322 Å². The summed E-state index contributed by atoms with van der Waals surface area (Å²) in [7, 11) is 0. The standard InChI is InChI=1S/C35H52N8O13/c36-27(44)9-11-37-28(45)10-12-38-34(55)25(5-7-30(47)48)40-35(56)26(6-8-31(49)50)39-29(46)19-23-1-3-24(4-2-23)20-41-13-15-42(21-32(51)52)17-18-43(16-14-41)22-33(53)54/h1-4,25-26H,5-22H2,(H2,36,44)(H,37,45)(H,38,55)(H,39,46)(H,40,56)(H,47,48)(H,49,50)(H,51,52)(H,53,54)/t25-,26-/m1/s1. The number of carbonyl (C=O) groups excluding carboxylic acids is 5. The lowest BCUT2D eigenvalue weighted by Crippen LogP contribution is -2.54. The van der Waals surface area contributed by atoms with Gasteiger partial charge in [0.1, 0.15) is 12.1 Å². The van der Waals surface area contributed by atoms with Gasteiger partial charge < -0.3 is 47.4 Å². The molecule has 1 saturated heterocycles. The Hall–Kier alpha value is -5.67. The fraction of sp³-hybridized carbons (Fsp3) is 0.571. The third kappa shape index (κ3) is 20.1. The molecule has 0 saturated carbocycles. The molecule has 1 aliphatic heterocycles. The summed E-state index contributed by atoms with van der Waals surface area (Å²) >= 11 is 0. The molecule has 5 amide bonds. The van der Waals surface area contributed by atoms with Gasteiger partial charge in [0.15, 0.2) is 0 Å². The van der Waals surface area contributed by atoms with Crippen molar-refractivity contribution in [2.75, 3.05) is 65.4 Å². The van der Waals surface area contributed by atoms with E-state index in [1.165, 1.54) is 0 Å². The van der Waals surface area contributed by atoms with Crippen molar-refractivity contribution >= 4 is 53.4 Å². The summed E-state index contributed by atoms with van der Waals surface area (Å²) in [5.41, 5.74) is 6.45. The van der Waals surface area contributed by atoms with Gasteiger partial charge in [-0.1, -0.05) is 24.3 Å². The summed E-state index contributed by atoms with van der Waals surface area (Å²) in [5, 5.41) is 46.8. The molecule has 21 heteroatoms. The van der Waals surface area contributed by atoms with E-state index in [0.717, 1.165) is 5.56 Å². The minimum atomic E-state index is -1.40. The van der Waals surface area contributed by atoms with E-state index in [9.17, 15) is 63.6 Å². The number of carboxylic acid groups (broad SMARTS) is 4. The van der Waals surface area contributed by atoms with Crippen molar-refractivity contribution in [1.29, 1.82) is 0 Å². The number of rotatable bonds is 24. The number of amides is 5. The SMILES string of the molecule is NC(=O)CCNC(=O)CCNC(=O)[C@@H](CCC(=O)O)NC(=O)[C@@H](CCC(=O)O)NC(=O)Cc1ccc(CN2CCN(CC(=O)O)CCN(CC(=O)O)CC2)cc1. The Morgan fingerprint density at radius 1 is 0.554 bits per heavy atom. The van der Waals surface area contributed by atoms with Crippen LogP contribution in [0, 0.1) is 0 Å². The normalized spacial score (nSPS) is 15.1. The van der Waals surface area contributed by atoms with E-state index in [1.807, 2.05) is 0 Å². The summed E-state index contributed by atoms with van der Waals surface area (Å²) < 4.78 is 0. The topological polar surface area (TPSA) is 318 Å². The maximum absolute atomic E-state index is 13.3. The minimum absolute atomic E-state index is 0.00262. The highest BCUT2D eigenvalue weighted by atomic mass is 16.4. The molecule has 1 aromatic carbocycles. The predicted molar refractivity (Wildman–Crippen MR) is 196 cm³/mol. The molecular formula is C35H52N8O13. The second-order valence-electron chi connectivity index (χ2n) is 13.3. The molecule has 1 aliphatic rings. The number of benzene rings is 1. The molecule has 0 bridgehead atoms. The predicted octanol–water partition coefficient (Wildman–Crippen LogP) is -2.99. The van der Waals surface area contributed by atoms with Crippen LogP contribution in [0.4, 0.5) is 0 Å². The number of primary amides is 1. The van der Waals surface area contributed by atoms with Crippen LogP contribution in [0.25, 0.3) is 0 Å². The average molecular weight is 793 g/mol. The molecule has 310 valence electrons. The number of nitrogens with zero attached hydrogens (tertiary/aromatic N) is 3. The molecule has 2 atom stereocenters. The molecule has 0 radical (unpaired) electrons. The van der Waals surface area contributed by atoms with Gasteiger partial charge >= 0.3 is 23.9 Å². The van der Waals surface area contributed by atoms with Gasteiger partial charge in [-0.25, -0.2) is 0 Å². The van der Waals surface area contributed by atoms with E-state index in [4.69, 9.17) is 5.73 Å². The second-order valence-corrected chi connectivity index (χ2v) is 13.3. The van der Waals surface area contributed by atoms with E-state index < -0.39 is 78.3 Å². The lowest BCUT2D eigenvalue weighted by atomic mass is 10.1. The molecule has 0 unspecified atom stereocenters. The Bertz CT molecular complexity index is 1510. The summed E-state index contributed by atoms with van der Waals surface area (Å²) in [6.45, 7) is 2.76. The number of carboxylic acids is 4. The van der Waals surface area contributed by atoms with Gasteiger partial charge in [0, 0.05) is 84.6 Å². The quantitative estimate of drug-likeness (QED) is 0.0504. The van der Waals surface area contributed by atoms with Gasteiger partial charge in [0.2, 0.25) is 29.5 Å². The van der Waals surface area contributed by atoms with E-state index >= 15 is 0 Å². The second kappa shape index (κ2) is 24.7. The zero-order valence-corrected chi connectivity index (χ0v) is 31.1. The van der Waals surface area contributed by atoms with Crippen LogP contribution >= 0.6 is 0 Å². The summed E-state index contributed by atoms with van der Waals surface area (Å²) in [4.78, 5) is 113. The molecule has 0 aromatic heterocycles. The van der Waals surface area contributed by atoms with E-state index in [2.05, 4.69) is 26.2 Å². The van der Waals surface area contributed by atoms with Crippen molar-refractivity contribution in [2.45, 2.75) is 63.6 Å². The van der Waals surface area contributed by atoms with Crippen molar-refractivity contribution < 1.29 is 63.6 Å². The van der Waals surface area contributed by atoms with Crippen LogP contribution in [0.3, 0.4) is 0 Å². The van der Waals surface area contributed by atoms with Crippen LogP contribution in [0.5, 0.6) is 0 Å². The van der Waals surface area contributed by atoms with Gasteiger partial charge in [-0.05, 0) is 24.0 Å². The Morgan fingerprint density at radius 2 is 1.02 bits per heavy atom. The maximum Gasteiger partial charge on any atom is 0.317 e. The van der Waals surface area contributed by atoms with Crippen molar-refractivity contribution in [3.05, 3.63) is 35.4 Å². The average Bonchev–Trinajstić information content (AvgIpc) is 3.19. The van der Waals surface area contributed by atoms with Crippen molar-refractivity contribution in [1.82, 2.24) is 36.0 Å². The number of nitrogens with one attached hydrogen (secondary N) is 4. The van der Waals surface area contributed by atoms with E-state index in [-0.39, 0.29) is 58.3 Å². The fourth-order valence-electron chi connectivity index (χ4n) is 5.67. The van der Waals surface area contributed by atoms with Crippen LogP contribution in [0.15, 0.2) is 24.3 Å². The van der Waals surface area contributed by atoms with Gasteiger partial charge in [0.05, 0.1) is 19.5 Å². The number of carbonyl (C=O) groups is 9. The monoisotopic (exact) mass is 792 g/mol. The fourth-order valence-corrected chi connectivity index (χ4v) is 5.67. The number of hydrogen-bond donors (Lipinski definition) is 9.